The first-order chi connectivity index (χ1) is 69.1. The van der Waals surface area contributed by atoms with Gasteiger partial charge in [-0.1, -0.05) is 424 Å². The first-order valence-electron chi connectivity index (χ1n) is 48.6. The fourth-order valence-corrected chi connectivity index (χ4v) is 20.9. The Morgan fingerprint density at radius 2 is 0.695 bits per heavy atom. The number of hydrogen-bond acceptors (Lipinski definition) is 6. The molecule has 0 atom stereocenters. The minimum atomic E-state index is 0. The number of para-hydroxylation sites is 4. The summed E-state index contributed by atoms with van der Waals surface area (Å²) in [6.45, 7) is 7.65. The third-order valence-electron chi connectivity index (χ3n) is 28.1. The molecule has 0 radical (unpaired) electrons. The van der Waals surface area contributed by atoms with Gasteiger partial charge in [-0.15, -0.1) is 0 Å². The topological polar surface area (TPSA) is 19.4 Å². The molecule has 0 fully saturated rings. The predicted molar refractivity (Wildman–Crippen MR) is 611 cm³/mol. The van der Waals surface area contributed by atoms with E-state index in [0.29, 0.717) is 6.85 Å². The predicted octanol–water partition coefficient (Wildman–Crippen LogP) is 30.0. The van der Waals surface area contributed by atoms with Gasteiger partial charge >= 0.3 is 34.2 Å². The minimum Gasteiger partial charge on any atom is -0.389 e. The maximum absolute atomic E-state index is 2.39. The van der Waals surface area contributed by atoms with E-state index in [4.69, 9.17) is 0 Å². The van der Waals surface area contributed by atoms with Gasteiger partial charge < -0.3 is 29.0 Å². The standard InChI is InChI=1S/C29H23BN2.C29H22BN.C25H20BN.C24H18BN.C22H16BN.CH4/c1-22-12-14-28-23(20-22)17-19-31-29-15-13-27(21-24(29)16-18-30(28)31)32(25-8-4-2-5-9-25)26-10-6-3-7-11-26;1-21-7-9-23(10-8-21)26-15-17-31-18-16-28-27-13-11-24(22-5-3-2-4-6-22)19-25(27)12-14-29(28)30(31)20-26;1-19-11-13-20(14-12-19)22-15-16-26-17-24(21-7-3-2-4-8-21)23-9-5-6-10-25(23)27(26)18-22;1-3-9-19(10-4-1)21-15-16-26-24-14-8-7-13-22(24)23(18-25(26)17-21)20-11-5-2-6-12-20;1-2-6-17(7-3-1)18-8-10-20-19(16-18)9-11-22-21(20)12-15-24-14-5-4-13-23(22)24;/h2-21H,1H3;2-20H,1H3;2-18H,1H3;1-18H;1-16H;1H4. The molecule has 17 aromatic carbocycles. The summed E-state index contributed by atoms with van der Waals surface area (Å²) in [5, 5.41) is 5.22. The van der Waals surface area contributed by atoms with E-state index in [9.17, 15) is 0 Å². The number of allylic oxidation sites excluding steroid dienone is 8. The monoisotopic (exact) mass is 1800 g/mol. The van der Waals surface area contributed by atoms with Crippen molar-refractivity contribution in [3.63, 3.8) is 0 Å². The highest BCUT2D eigenvalue weighted by Gasteiger charge is 2.36. The molecule has 0 saturated heterocycles. The summed E-state index contributed by atoms with van der Waals surface area (Å²) in [6, 6.07) is 145. The van der Waals surface area contributed by atoms with Crippen molar-refractivity contribution < 1.29 is 0 Å². The van der Waals surface area contributed by atoms with Crippen LogP contribution in [0.2, 0.25) is 0 Å². The molecule has 6 nitrogen and oxygen atoms in total. The van der Waals surface area contributed by atoms with Crippen molar-refractivity contribution >= 4 is 158 Å². The fraction of sp³-hybridized carbons (Fsp3) is 0.0308. The Labute approximate surface area is 831 Å². The third-order valence-corrected chi connectivity index (χ3v) is 28.1. The van der Waals surface area contributed by atoms with Crippen molar-refractivity contribution in [2.75, 3.05) is 19.3 Å². The van der Waals surface area contributed by atoms with E-state index in [2.05, 4.69) is 596 Å². The Bertz CT molecular complexity index is 8000. The van der Waals surface area contributed by atoms with Gasteiger partial charge in [0, 0.05) is 45.3 Å². The summed E-state index contributed by atoms with van der Waals surface area (Å²) in [5.41, 5.74) is 40.8. The van der Waals surface area contributed by atoms with Crippen molar-refractivity contribution in [3.05, 3.63) is 600 Å². The second-order valence-corrected chi connectivity index (χ2v) is 36.9. The van der Waals surface area contributed by atoms with Crippen LogP contribution in [0.3, 0.4) is 0 Å². The average molecular weight is 1800 g/mol. The van der Waals surface area contributed by atoms with Crippen LogP contribution in [0, 0.1) is 20.8 Å². The van der Waals surface area contributed by atoms with Crippen molar-refractivity contribution in [3.8, 4) is 22.3 Å². The summed E-state index contributed by atoms with van der Waals surface area (Å²) < 4.78 is 0. The third kappa shape index (κ3) is 18.3. The molecular weight excluding hydrogens is 1700 g/mol. The lowest BCUT2D eigenvalue weighted by Gasteiger charge is -2.35. The van der Waals surface area contributed by atoms with E-state index in [-0.39, 0.29) is 34.8 Å². The molecule has 11 heteroatoms. The molecule has 10 aliphatic rings. The van der Waals surface area contributed by atoms with Crippen molar-refractivity contribution in [1.82, 2.24) is 9.62 Å². The Morgan fingerprint density at radius 3 is 1.28 bits per heavy atom. The van der Waals surface area contributed by atoms with Crippen molar-refractivity contribution in [1.29, 1.82) is 0 Å². The second kappa shape index (κ2) is 39.8. The lowest BCUT2D eigenvalue weighted by atomic mass is 9.50. The van der Waals surface area contributed by atoms with Gasteiger partial charge in [0.2, 0.25) is 0 Å². The van der Waals surface area contributed by atoms with Crippen LogP contribution in [0.15, 0.2) is 522 Å². The molecule has 10 heterocycles. The Morgan fingerprint density at radius 1 is 0.241 bits per heavy atom. The zero-order valence-corrected chi connectivity index (χ0v) is 78.5. The molecule has 0 bridgehead atoms. The van der Waals surface area contributed by atoms with Gasteiger partial charge in [0.05, 0.1) is 0 Å². The number of nitrogens with zero attached hydrogens (tertiary/aromatic N) is 6. The van der Waals surface area contributed by atoms with E-state index >= 15 is 0 Å². The lowest BCUT2D eigenvalue weighted by molar-refractivity contribution is 0.797. The summed E-state index contributed by atoms with van der Waals surface area (Å²) in [4.78, 5) is 14.0. The summed E-state index contributed by atoms with van der Waals surface area (Å²) in [6.07, 6.45) is 35.3. The molecule has 0 amide bonds. The molecule has 0 spiro atoms. The molecule has 17 aromatic rings. The SMILES string of the molecule is C.C1=CB2c3ccc4cc(-c5ccccc5)ccc4c3C=CN2C=C1.C1=CN2B(C=C1c1ccccc1)C=C(c1ccccc1)c1ccccc12.Cc1ccc(C2=CB3c4ccc5cc(-c6ccccc6)ccc5c4C=CN3C=C2)cc1.Cc1ccc(C2=CN3B(C=C2)C=C(c2ccccc2)c2ccccc23)cc1.Cc1ccc2c(c1)C=CN1B2C=Cc2cc(N(c3ccccc3)c3ccccc3)ccc21. The molecular formula is C130H103B5N6. The van der Waals surface area contributed by atoms with E-state index in [1.165, 1.54) is 183 Å². The molecule has 0 saturated carbocycles. The molecule has 0 aliphatic carbocycles. The van der Waals surface area contributed by atoms with E-state index in [0.717, 1.165) is 17.1 Å². The maximum Gasteiger partial charge on any atom is 0.320 e. The largest absolute Gasteiger partial charge is 0.389 e. The van der Waals surface area contributed by atoms with Crippen LogP contribution in [-0.4, -0.2) is 43.9 Å². The van der Waals surface area contributed by atoms with Crippen LogP contribution in [0.5, 0.6) is 0 Å². The summed E-state index contributed by atoms with van der Waals surface area (Å²) in [7, 11) is 0. The average Bonchev–Trinajstić information content (AvgIpc) is 0.757. The minimum absolute atomic E-state index is 0. The highest BCUT2D eigenvalue weighted by atomic mass is 15.1. The first kappa shape index (κ1) is 89.0. The number of hydrogen-bond donors (Lipinski definition) is 0. The Kier molecular flexibility index (Phi) is 25.1. The summed E-state index contributed by atoms with van der Waals surface area (Å²) in [5.74, 6) is 16.4. The van der Waals surface area contributed by atoms with E-state index in [1.54, 1.807) is 0 Å². The lowest BCUT2D eigenvalue weighted by Crippen LogP contribution is -2.49. The van der Waals surface area contributed by atoms with Gasteiger partial charge in [-0.3, -0.25) is 0 Å². The quantitative estimate of drug-likeness (QED) is 0.126. The van der Waals surface area contributed by atoms with Gasteiger partial charge in [0.25, 0.3) is 0 Å². The smallest absolute Gasteiger partial charge is 0.320 e. The molecule has 0 aromatic heterocycles. The fourth-order valence-electron chi connectivity index (χ4n) is 20.9. The Balaban J connectivity index is 0.000000101. The zero-order valence-electron chi connectivity index (χ0n) is 78.5. The molecule has 10 aliphatic heterocycles. The van der Waals surface area contributed by atoms with Crippen LogP contribution in [-0.2, 0) is 0 Å². The van der Waals surface area contributed by atoms with Gasteiger partial charge in [-0.05, 0) is 305 Å². The molecule has 27 rings (SSSR count). The van der Waals surface area contributed by atoms with Crippen LogP contribution >= 0.6 is 0 Å². The first-order valence-corrected chi connectivity index (χ1v) is 48.6. The molecule has 668 valence electrons. The molecule has 0 unspecified atom stereocenters. The highest BCUT2D eigenvalue weighted by molar-refractivity contribution is 6.84. The number of anilines is 6. The molecule has 141 heavy (non-hydrogen) atoms. The Hall–Kier alpha value is -17.3. The number of benzene rings is 17. The van der Waals surface area contributed by atoms with Crippen LogP contribution in [0.25, 0.3) is 96.0 Å². The second-order valence-electron chi connectivity index (χ2n) is 36.9. The van der Waals surface area contributed by atoms with Crippen LogP contribution in [0.4, 0.5) is 34.1 Å². The van der Waals surface area contributed by atoms with Crippen molar-refractivity contribution in [2.45, 2.75) is 28.2 Å². The zero-order chi connectivity index (χ0) is 93.8. The molecule has 0 N–H and O–H groups in total. The van der Waals surface area contributed by atoms with Gasteiger partial charge in [0.15, 0.2) is 0 Å². The van der Waals surface area contributed by atoms with Gasteiger partial charge in [-0.25, -0.2) is 0 Å². The maximum atomic E-state index is 2.39. The van der Waals surface area contributed by atoms with E-state index < -0.39 is 0 Å². The summed E-state index contributed by atoms with van der Waals surface area (Å²) >= 11 is 0. The van der Waals surface area contributed by atoms with Crippen LogP contribution < -0.4 is 35.7 Å². The normalized spacial score (nSPS) is 14.4. The highest BCUT2D eigenvalue weighted by Crippen LogP contribution is 2.45. The number of rotatable bonds is 10. The number of aryl methyl sites for hydroxylation is 3. The van der Waals surface area contributed by atoms with Gasteiger partial charge in [0.1, 0.15) is 0 Å². The van der Waals surface area contributed by atoms with Crippen molar-refractivity contribution in [2.24, 2.45) is 0 Å². The van der Waals surface area contributed by atoms with Crippen LogP contribution in [0.1, 0.15) is 85.3 Å². The number of fused-ring (bicyclic) bond motifs is 21. The van der Waals surface area contributed by atoms with E-state index in [1.807, 2.05) is 0 Å². The van der Waals surface area contributed by atoms with Gasteiger partial charge in [-0.2, -0.15) is 0 Å².